The van der Waals surface area contributed by atoms with E-state index in [9.17, 15) is 31.5 Å². The number of halogens is 5. The van der Waals surface area contributed by atoms with Gasteiger partial charge in [-0.05, 0) is 26.8 Å². The summed E-state index contributed by atoms with van der Waals surface area (Å²) >= 11 is 13.5. The fourth-order valence-electron chi connectivity index (χ4n) is 2.84. The summed E-state index contributed by atoms with van der Waals surface area (Å²) in [5.74, 6) is -0.602. The average molecular weight is 598 g/mol. The smallest absolute Gasteiger partial charge is 0.389 e. The van der Waals surface area contributed by atoms with Crippen molar-refractivity contribution >= 4 is 50.5 Å². The second-order valence-corrected chi connectivity index (χ2v) is 11.8. The molecule has 3 aromatic rings. The SMILES string of the molecule is C[C@H](NS(=O)(=O)c1ccc(-c2sc(C(=O)NCC(C)(C)O)nc2-c2cnccn2)c(Cl)c1Cl)C(F)(F)F. The second-order valence-electron chi connectivity index (χ2n) is 8.41. The van der Waals surface area contributed by atoms with E-state index in [-0.39, 0.29) is 38.4 Å². The van der Waals surface area contributed by atoms with Gasteiger partial charge in [-0.3, -0.25) is 14.8 Å². The highest BCUT2D eigenvalue weighted by molar-refractivity contribution is 7.89. The van der Waals surface area contributed by atoms with Crippen molar-refractivity contribution in [3.05, 3.63) is 45.8 Å². The van der Waals surface area contributed by atoms with Crippen LogP contribution in [0.5, 0.6) is 0 Å². The Morgan fingerprint density at radius 3 is 2.43 bits per heavy atom. The Hall–Kier alpha value is -2.36. The monoisotopic (exact) mass is 597 g/mol. The molecule has 0 saturated heterocycles. The predicted molar refractivity (Wildman–Crippen MR) is 133 cm³/mol. The van der Waals surface area contributed by atoms with Gasteiger partial charge >= 0.3 is 6.18 Å². The molecule has 9 nitrogen and oxygen atoms in total. The van der Waals surface area contributed by atoms with E-state index >= 15 is 0 Å². The molecule has 0 unspecified atom stereocenters. The standard InChI is InChI=1S/C21H20Cl2F3N5O4S2/c1-10(21(24,25)26)31-37(34,35)13-5-4-11(14(22)15(13)23)17-16(12-8-27-6-7-28-12)30-19(36-17)18(32)29-9-20(2,3)33/h4-8,10,31,33H,9H2,1-3H3,(H,29,32)/t10-/m0/s1. The third-order valence-electron chi connectivity index (χ3n) is 4.71. The second kappa shape index (κ2) is 10.8. The molecule has 2 aromatic heterocycles. The number of aromatic nitrogens is 3. The van der Waals surface area contributed by atoms with Crippen molar-refractivity contribution in [1.29, 1.82) is 0 Å². The number of hydrogen-bond acceptors (Lipinski definition) is 8. The fourth-order valence-corrected chi connectivity index (χ4v) is 6.02. The average Bonchev–Trinajstić information content (AvgIpc) is 3.23. The third-order valence-corrected chi connectivity index (χ3v) is 8.38. The van der Waals surface area contributed by atoms with E-state index in [0.29, 0.717) is 6.92 Å². The van der Waals surface area contributed by atoms with Gasteiger partial charge in [0.05, 0.1) is 26.7 Å². The van der Waals surface area contributed by atoms with Crippen LogP contribution < -0.4 is 10.0 Å². The van der Waals surface area contributed by atoms with Crippen LogP contribution in [0, 0.1) is 0 Å². The van der Waals surface area contributed by atoms with Crippen LogP contribution in [-0.2, 0) is 10.0 Å². The van der Waals surface area contributed by atoms with E-state index in [0.717, 1.165) is 17.4 Å². The lowest BCUT2D eigenvalue weighted by Gasteiger charge is -2.18. The molecule has 0 radical (unpaired) electrons. The van der Waals surface area contributed by atoms with Crippen LogP contribution in [0.15, 0.2) is 35.6 Å². The van der Waals surface area contributed by atoms with Crippen LogP contribution in [0.2, 0.25) is 10.0 Å². The number of aliphatic hydroxyl groups is 1. The molecule has 0 aliphatic carbocycles. The molecule has 0 aliphatic rings. The van der Waals surface area contributed by atoms with Crippen LogP contribution >= 0.6 is 34.5 Å². The number of carbonyl (C=O) groups is 1. The molecule has 0 fully saturated rings. The number of rotatable bonds is 8. The Bertz CT molecular complexity index is 1410. The van der Waals surface area contributed by atoms with E-state index in [2.05, 4.69) is 20.3 Å². The molecule has 1 aromatic carbocycles. The van der Waals surface area contributed by atoms with Gasteiger partial charge < -0.3 is 10.4 Å². The number of amides is 1. The lowest BCUT2D eigenvalue weighted by atomic mass is 10.1. The Balaban J connectivity index is 2.09. The van der Waals surface area contributed by atoms with Crippen LogP contribution in [0.25, 0.3) is 21.8 Å². The molecule has 0 spiro atoms. The summed E-state index contributed by atoms with van der Waals surface area (Å²) in [5, 5.41) is 11.6. The number of alkyl halides is 3. The van der Waals surface area contributed by atoms with Gasteiger partial charge in [-0.1, -0.05) is 29.3 Å². The van der Waals surface area contributed by atoms with Gasteiger partial charge in [-0.2, -0.15) is 17.9 Å². The molecule has 0 bridgehead atoms. The minimum absolute atomic E-state index is 0.0236. The highest BCUT2D eigenvalue weighted by Crippen LogP contribution is 2.43. The molecule has 16 heteroatoms. The molecule has 37 heavy (non-hydrogen) atoms. The zero-order chi connectivity index (χ0) is 27.8. The maximum absolute atomic E-state index is 12.9. The largest absolute Gasteiger partial charge is 0.404 e. The molecule has 3 rings (SSSR count). The van der Waals surface area contributed by atoms with Crippen molar-refractivity contribution in [2.75, 3.05) is 6.54 Å². The van der Waals surface area contributed by atoms with E-state index in [1.165, 1.54) is 43.2 Å². The van der Waals surface area contributed by atoms with Crippen LogP contribution in [0.4, 0.5) is 13.2 Å². The highest BCUT2D eigenvalue weighted by atomic mass is 35.5. The quantitative estimate of drug-likeness (QED) is 0.352. The Morgan fingerprint density at radius 1 is 1.19 bits per heavy atom. The lowest BCUT2D eigenvalue weighted by Crippen LogP contribution is -2.43. The van der Waals surface area contributed by atoms with Gasteiger partial charge in [-0.15, -0.1) is 11.3 Å². The molecule has 0 saturated carbocycles. The van der Waals surface area contributed by atoms with E-state index in [1.54, 1.807) is 0 Å². The first-order valence-corrected chi connectivity index (χ1v) is 13.4. The van der Waals surface area contributed by atoms with E-state index < -0.39 is 43.7 Å². The summed E-state index contributed by atoms with van der Waals surface area (Å²) in [7, 11) is -4.70. The van der Waals surface area contributed by atoms with Gasteiger partial charge in [0, 0.05) is 24.5 Å². The molecule has 200 valence electrons. The van der Waals surface area contributed by atoms with Crippen LogP contribution in [0.3, 0.4) is 0 Å². The number of hydrogen-bond donors (Lipinski definition) is 3. The molecular weight excluding hydrogens is 578 g/mol. The summed E-state index contributed by atoms with van der Waals surface area (Å²) in [6.45, 7) is 3.60. The van der Waals surface area contributed by atoms with Gasteiger partial charge in [-0.25, -0.2) is 13.4 Å². The number of nitrogens with zero attached hydrogens (tertiary/aromatic N) is 3. The van der Waals surface area contributed by atoms with Crippen LogP contribution in [0.1, 0.15) is 30.6 Å². The maximum atomic E-state index is 12.9. The molecule has 3 N–H and O–H groups in total. The van der Waals surface area contributed by atoms with Gasteiger partial charge in [0.25, 0.3) is 5.91 Å². The first-order chi connectivity index (χ1) is 17.0. The van der Waals surface area contributed by atoms with Crippen LogP contribution in [-0.4, -0.2) is 58.7 Å². The van der Waals surface area contributed by atoms with Crippen molar-refractivity contribution in [2.24, 2.45) is 0 Å². The molecule has 0 aliphatic heterocycles. The molecular formula is C21H20Cl2F3N5O4S2. The fraction of sp³-hybridized carbons (Fsp3) is 0.333. The third kappa shape index (κ3) is 6.94. The van der Waals surface area contributed by atoms with Crippen molar-refractivity contribution in [3.8, 4) is 21.8 Å². The molecule has 2 heterocycles. The summed E-state index contributed by atoms with van der Waals surface area (Å²) in [5.41, 5.74) is -0.572. The topological polar surface area (TPSA) is 134 Å². The van der Waals surface area contributed by atoms with Crippen molar-refractivity contribution in [1.82, 2.24) is 25.0 Å². The summed E-state index contributed by atoms with van der Waals surface area (Å²) in [6.07, 6.45) is -0.622. The number of benzene rings is 1. The Labute approximate surface area is 224 Å². The highest BCUT2D eigenvalue weighted by Gasteiger charge is 2.39. The maximum Gasteiger partial charge on any atom is 0.404 e. The van der Waals surface area contributed by atoms with Gasteiger partial charge in [0.2, 0.25) is 10.0 Å². The molecule has 1 amide bonds. The first-order valence-electron chi connectivity index (χ1n) is 10.4. The molecule has 1 atom stereocenters. The predicted octanol–water partition coefficient (Wildman–Crippen LogP) is 4.30. The zero-order valence-corrected chi connectivity index (χ0v) is 22.5. The summed E-state index contributed by atoms with van der Waals surface area (Å²) in [4.78, 5) is 24.8. The normalized spacial score (nSPS) is 13.4. The Morgan fingerprint density at radius 2 is 1.86 bits per heavy atom. The first kappa shape index (κ1) is 29.2. The number of nitrogens with one attached hydrogen (secondary N) is 2. The van der Waals surface area contributed by atoms with Gasteiger partial charge in [0.15, 0.2) is 5.01 Å². The summed E-state index contributed by atoms with van der Waals surface area (Å²) < 4.78 is 65.4. The zero-order valence-electron chi connectivity index (χ0n) is 19.4. The summed E-state index contributed by atoms with van der Waals surface area (Å²) in [6, 6.07) is -0.127. The minimum atomic E-state index is -4.82. The number of carbonyl (C=O) groups excluding carboxylic acids is 1. The van der Waals surface area contributed by atoms with Gasteiger partial charge in [0.1, 0.15) is 22.3 Å². The van der Waals surface area contributed by atoms with Crippen molar-refractivity contribution in [2.45, 2.75) is 43.5 Å². The number of sulfonamides is 1. The Kier molecular flexibility index (Phi) is 8.51. The minimum Gasteiger partial charge on any atom is -0.389 e. The lowest BCUT2D eigenvalue weighted by molar-refractivity contribution is -0.147. The van der Waals surface area contributed by atoms with E-state index in [1.807, 2.05) is 0 Å². The number of thiazole rings is 1. The van der Waals surface area contributed by atoms with Crippen molar-refractivity contribution in [3.63, 3.8) is 0 Å². The van der Waals surface area contributed by atoms with Crippen molar-refractivity contribution < 1.29 is 31.5 Å². The van der Waals surface area contributed by atoms with E-state index in [4.69, 9.17) is 23.2 Å².